The van der Waals surface area contributed by atoms with E-state index in [1.807, 2.05) is 30.3 Å². The maximum absolute atomic E-state index is 11.8. The molecule has 0 aliphatic heterocycles. The molecule has 2 rings (SSSR count). The SMILES string of the molecule is CC(CN)C(=O)Nc1ccnn1Cc1ccccc1.Cl. The molecule has 2 aromatic rings. The molecule has 20 heavy (non-hydrogen) atoms. The van der Waals surface area contributed by atoms with Crippen LogP contribution in [0, 0.1) is 5.92 Å². The Morgan fingerprint density at radius 3 is 2.70 bits per heavy atom. The van der Waals surface area contributed by atoms with Crippen LogP contribution in [0.1, 0.15) is 12.5 Å². The fourth-order valence-corrected chi connectivity index (χ4v) is 1.68. The topological polar surface area (TPSA) is 72.9 Å². The van der Waals surface area contributed by atoms with Crippen molar-refractivity contribution in [1.82, 2.24) is 9.78 Å². The van der Waals surface area contributed by atoms with Gasteiger partial charge in [-0.1, -0.05) is 37.3 Å². The summed E-state index contributed by atoms with van der Waals surface area (Å²) >= 11 is 0. The van der Waals surface area contributed by atoms with Gasteiger partial charge in [0.25, 0.3) is 0 Å². The highest BCUT2D eigenvalue weighted by Gasteiger charge is 2.13. The predicted octanol–water partition coefficient (Wildman–Crippen LogP) is 1.89. The number of carbonyl (C=O) groups excluding carboxylic acids is 1. The zero-order valence-electron chi connectivity index (χ0n) is 11.3. The maximum atomic E-state index is 11.8. The largest absolute Gasteiger partial charge is 0.330 e. The highest BCUT2D eigenvalue weighted by Crippen LogP contribution is 2.11. The molecule has 6 heteroatoms. The number of amides is 1. The lowest BCUT2D eigenvalue weighted by Crippen LogP contribution is -2.27. The van der Waals surface area contributed by atoms with Crippen molar-refractivity contribution in [2.45, 2.75) is 13.5 Å². The van der Waals surface area contributed by atoms with Crippen molar-refractivity contribution in [3.8, 4) is 0 Å². The smallest absolute Gasteiger partial charge is 0.229 e. The van der Waals surface area contributed by atoms with E-state index in [9.17, 15) is 4.79 Å². The summed E-state index contributed by atoms with van der Waals surface area (Å²) < 4.78 is 1.76. The van der Waals surface area contributed by atoms with Crippen molar-refractivity contribution in [2.75, 3.05) is 11.9 Å². The minimum Gasteiger partial charge on any atom is -0.330 e. The van der Waals surface area contributed by atoms with E-state index in [0.29, 0.717) is 18.9 Å². The van der Waals surface area contributed by atoms with Crippen LogP contribution in [0.3, 0.4) is 0 Å². The van der Waals surface area contributed by atoms with Crippen molar-refractivity contribution < 1.29 is 4.79 Å². The normalized spacial score (nSPS) is 11.5. The summed E-state index contributed by atoms with van der Waals surface area (Å²) in [6.45, 7) is 2.76. The van der Waals surface area contributed by atoms with Crippen molar-refractivity contribution in [3.05, 3.63) is 48.2 Å². The Hall–Kier alpha value is -1.85. The lowest BCUT2D eigenvalue weighted by atomic mass is 10.2. The number of aromatic nitrogens is 2. The minimum atomic E-state index is -0.208. The summed E-state index contributed by atoms with van der Waals surface area (Å²) in [5.41, 5.74) is 6.61. The number of carbonyl (C=O) groups is 1. The average Bonchev–Trinajstić information content (AvgIpc) is 2.86. The van der Waals surface area contributed by atoms with Crippen LogP contribution in [0.2, 0.25) is 0 Å². The van der Waals surface area contributed by atoms with Crippen LogP contribution in [0.15, 0.2) is 42.6 Å². The second kappa shape index (κ2) is 7.67. The predicted molar refractivity (Wildman–Crippen MR) is 81.9 cm³/mol. The number of nitrogens with one attached hydrogen (secondary N) is 1. The van der Waals surface area contributed by atoms with E-state index in [2.05, 4.69) is 10.4 Å². The van der Waals surface area contributed by atoms with E-state index >= 15 is 0 Å². The molecule has 1 atom stereocenters. The van der Waals surface area contributed by atoms with Crippen LogP contribution in [0.5, 0.6) is 0 Å². The third kappa shape index (κ3) is 4.08. The second-order valence-corrected chi connectivity index (χ2v) is 4.49. The molecule has 0 radical (unpaired) electrons. The van der Waals surface area contributed by atoms with Crippen molar-refractivity contribution in [3.63, 3.8) is 0 Å². The molecule has 0 fully saturated rings. The fraction of sp³-hybridized carbons (Fsp3) is 0.286. The molecule has 5 nitrogen and oxygen atoms in total. The first-order valence-electron chi connectivity index (χ1n) is 6.27. The summed E-state index contributed by atoms with van der Waals surface area (Å²) in [7, 11) is 0. The molecule has 1 aromatic heterocycles. The van der Waals surface area contributed by atoms with Crippen LogP contribution >= 0.6 is 12.4 Å². The third-order valence-corrected chi connectivity index (χ3v) is 2.94. The third-order valence-electron chi connectivity index (χ3n) is 2.94. The van der Waals surface area contributed by atoms with Crippen molar-refractivity contribution in [1.29, 1.82) is 0 Å². The minimum absolute atomic E-state index is 0. The molecule has 0 saturated heterocycles. The van der Waals surface area contributed by atoms with Gasteiger partial charge in [0.05, 0.1) is 12.7 Å². The Balaban J connectivity index is 0.00000200. The van der Waals surface area contributed by atoms with Crippen LogP contribution in [0.25, 0.3) is 0 Å². The van der Waals surface area contributed by atoms with E-state index in [1.54, 1.807) is 23.9 Å². The lowest BCUT2D eigenvalue weighted by molar-refractivity contribution is -0.119. The van der Waals surface area contributed by atoms with Gasteiger partial charge in [-0.05, 0) is 5.56 Å². The highest BCUT2D eigenvalue weighted by atomic mass is 35.5. The Kier molecular flexibility index (Phi) is 6.21. The standard InChI is InChI=1S/C14H18N4O.ClH/c1-11(9-15)14(19)17-13-7-8-16-18(13)10-12-5-3-2-4-6-12;/h2-8,11H,9-10,15H2,1H3,(H,17,19);1H. The second-order valence-electron chi connectivity index (χ2n) is 4.49. The fourth-order valence-electron chi connectivity index (χ4n) is 1.68. The van der Waals surface area contributed by atoms with Gasteiger partial charge in [0.15, 0.2) is 0 Å². The van der Waals surface area contributed by atoms with Gasteiger partial charge in [-0.25, -0.2) is 4.68 Å². The maximum Gasteiger partial charge on any atom is 0.229 e. The Morgan fingerprint density at radius 2 is 2.05 bits per heavy atom. The van der Waals surface area contributed by atoms with Gasteiger partial charge in [0.2, 0.25) is 5.91 Å². The zero-order chi connectivity index (χ0) is 13.7. The van der Waals surface area contributed by atoms with Gasteiger partial charge >= 0.3 is 0 Å². The van der Waals surface area contributed by atoms with Gasteiger partial charge in [0.1, 0.15) is 5.82 Å². The summed E-state index contributed by atoms with van der Waals surface area (Å²) in [6, 6.07) is 11.8. The summed E-state index contributed by atoms with van der Waals surface area (Å²) in [5.74, 6) is 0.395. The quantitative estimate of drug-likeness (QED) is 0.884. The first kappa shape index (κ1) is 16.2. The number of anilines is 1. The Morgan fingerprint density at radius 1 is 1.35 bits per heavy atom. The molecular formula is C14H19ClN4O. The van der Waals surface area contributed by atoms with Gasteiger partial charge in [-0.2, -0.15) is 5.10 Å². The number of rotatable bonds is 5. The van der Waals surface area contributed by atoms with E-state index in [4.69, 9.17) is 5.73 Å². The van der Waals surface area contributed by atoms with Crippen molar-refractivity contribution in [2.24, 2.45) is 11.7 Å². The zero-order valence-corrected chi connectivity index (χ0v) is 12.1. The monoisotopic (exact) mass is 294 g/mol. The summed E-state index contributed by atoms with van der Waals surface area (Å²) in [6.07, 6.45) is 1.67. The molecule has 0 saturated carbocycles. The Bertz CT molecular complexity index is 541. The molecule has 108 valence electrons. The number of nitrogens with two attached hydrogens (primary N) is 1. The summed E-state index contributed by atoms with van der Waals surface area (Å²) in [4.78, 5) is 11.8. The molecule has 1 unspecified atom stereocenters. The van der Waals surface area contributed by atoms with E-state index in [0.717, 1.165) is 5.56 Å². The van der Waals surface area contributed by atoms with Crippen molar-refractivity contribution >= 4 is 24.1 Å². The molecule has 1 aromatic carbocycles. The molecule has 0 spiro atoms. The summed E-state index contributed by atoms with van der Waals surface area (Å²) in [5, 5.41) is 7.06. The number of hydrogen-bond acceptors (Lipinski definition) is 3. The average molecular weight is 295 g/mol. The first-order chi connectivity index (χ1) is 9.20. The van der Waals surface area contributed by atoms with Gasteiger partial charge in [-0.3, -0.25) is 4.79 Å². The lowest BCUT2D eigenvalue weighted by Gasteiger charge is -2.12. The molecule has 3 N–H and O–H groups in total. The molecule has 0 aliphatic rings. The first-order valence-corrected chi connectivity index (χ1v) is 6.27. The van der Waals surface area contributed by atoms with Crippen LogP contribution in [0.4, 0.5) is 5.82 Å². The van der Waals surface area contributed by atoms with Gasteiger partial charge < -0.3 is 11.1 Å². The van der Waals surface area contributed by atoms with Crippen LogP contribution in [-0.2, 0) is 11.3 Å². The van der Waals surface area contributed by atoms with E-state index in [1.165, 1.54) is 0 Å². The molecule has 1 heterocycles. The van der Waals surface area contributed by atoms with E-state index < -0.39 is 0 Å². The molecule has 0 bridgehead atoms. The molecule has 0 aliphatic carbocycles. The number of nitrogens with zero attached hydrogens (tertiary/aromatic N) is 2. The molecular weight excluding hydrogens is 276 g/mol. The van der Waals surface area contributed by atoms with E-state index in [-0.39, 0.29) is 24.2 Å². The van der Waals surface area contributed by atoms with Gasteiger partial charge in [-0.15, -0.1) is 12.4 Å². The highest BCUT2D eigenvalue weighted by molar-refractivity contribution is 5.91. The number of hydrogen-bond donors (Lipinski definition) is 2. The van der Waals surface area contributed by atoms with Gasteiger partial charge in [0, 0.05) is 18.5 Å². The number of benzene rings is 1. The molecule has 1 amide bonds. The van der Waals surface area contributed by atoms with Crippen LogP contribution < -0.4 is 11.1 Å². The number of halogens is 1. The van der Waals surface area contributed by atoms with Crippen LogP contribution in [-0.4, -0.2) is 22.2 Å². The Labute approximate surface area is 124 Å².